The number of fused-ring (bicyclic) bond motifs is 2. The van der Waals surface area contributed by atoms with Gasteiger partial charge in [0.15, 0.2) is 34.4 Å². The molecule has 0 aromatic carbocycles. The van der Waals surface area contributed by atoms with Crippen LogP contribution in [-0.4, -0.2) is 186 Å². The SMILES string of the molecule is CN(CC(=O)OCCOCCOc1cc2ncn(-c3ccc(C#N)cn3)c2nc1NC1CCOCC1)C(=O)OC(C)(C)C.CNCC(=O)OCCOCCOc1cc2ncn(-c3ccc(C#N)cn3)c2nc1NC1CCOCC1. The molecule has 0 saturated carbocycles. The Labute approximate surface area is 456 Å². The van der Waals surface area contributed by atoms with Gasteiger partial charge in [0.05, 0.1) is 44.1 Å². The first-order valence-electron chi connectivity index (χ1n) is 25.8. The number of imidazole rings is 2. The third-order valence-corrected chi connectivity index (χ3v) is 11.7. The van der Waals surface area contributed by atoms with Crippen LogP contribution in [0.3, 0.4) is 0 Å². The highest BCUT2D eigenvalue weighted by Crippen LogP contribution is 2.31. The van der Waals surface area contributed by atoms with Crippen molar-refractivity contribution in [1.29, 1.82) is 10.5 Å². The van der Waals surface area contributed by atoms with Gasteiger partial charge in [0, 0.05) is 70.1 Å². The maximum atomic E-state index is 12.0. The van der Waals surface area contributed by atoms with Crippen molar-refractivity contribution in [3.63, 3.8) is 0 Å². The Hall–Kier alpha value is -8.27. The first-order valence-corrected chi connectivity index (χ1v) is 25.8. The Morgan fingerprint density at radius 1 is 0.671 bits per heavy atom. The lowest BCUT2D eigenvalue weighted by molar-refractivity contribution is -0.146. The van der Waals surface area contributed by atoms with Crippen LogP contribution < -0.4 is 25.4 Å². The number of hydrogen-bond acceptors (Lipinski definition) is 23. The van der Waals surface area contributed by atoms with E-state index in [0.29, 0.717) is 101 Å². The van der Waals surface area contributed by atoms with Crippen LogP contribution in [0.5, 0.6) is 11.5 Å². The number of aromatic nitrogens is 8. The average molecular weight is 1090 g/mol. The molecule has 0 radical (unpaired) electrons. The lowest BCUT2D eigenvalue weighted by atomic mass is 10.1. The molecule has 420 valence electrons. The van der Waals surface area contributed by atoms with Crippen molar-refractivity contribution in [2.24, 2.45) is 0 Å². The van der Waals surface area contributed by atoms with Gasteiger partial charge in [0.2, 0.25) is 0 Å². The Kier molecular flexibility index (Phi) is 21.8. The number of rotatable bonds is 24. The Balaban J connectivity index is 0.000000232. The molecule has 3 N–H and O–H groups in total. The van der Waals surface area contributed by atoms with Gasteiger partial charge in [-0.2, -0.15) is 10.5 Å². The van der Waals surface area contributed by atoms with E-state index in [2.05, 4.69) is 48.0 Å². The number of likely N-dealkylation sites (N-methyl/N-ethyl adjacent to an activating group) is 2. The second kappa shape index (κ2) is 29.5. The molecule has 0 spiro atoms. The summed E-state index contributed by atoms with van der Waals surface area (Å²) in [5.74, 6) is 2.57. The second-order valence-corrected chi connectivity index (χ2v) is 18.9. The number of nitrogens with zero attached hydrogens (tertiary/aromatic N) is 11. The fourth-order valence-electron chi connectivity index (χ4n) is 7.76. The molecule has 0 aliphatic carbocycles. The highest BCUT2D eigenvalue weighted by atomic mass is 16.6. The number of amides is 1. The van der Waals surface area contributed by atoms with Crippen molar-refractivity contribution < 1.29 is 57.0 Å². The molecule has 2 saturated heterocycles. The van der Waals surface area contributed by atoms with E-state index in [1.807, 2.05) is 12.1 Å². The predicted molar refractivity (Wildman–Crippen MR) is 285 cm³/mol. The number of nitrogens with one attached hydrogen (secondary N) is 3. The summed E-state index contributed by atoms with van der Waals surface area (Å²) >= 11 is 0. The normalized spacial score (nSPS) is 13.8. The van der Waals surface area contributed by atoms with Gasteiger partial charge in [-0.15, -0.1) is 0 Å². The monoisotopic (exact) mass is 1090 g/mol. The molecule has 26 heteroatoms. The van der Waals surface area contributed by atoms with Gasteiger partial charge in [-0.25, -0.2) is 34.7 Å². The van der Waals surface area contributed by atoms with Crippen molar-refractivity contribution in [2.75, 3.05) is 117 Å². The molecule has 0 bridgehead atoms. The zero-order valence-electron chi connectivity index (χ0n) is 45.0. The molecule has 2 aliphatic rings. The fraction of sp³-hybridized carbons (Fsp3) is 0.491. The molecule has 0 atom stereocenters. The van der Waals surface area contributed by atoms with Crippen molar-refractivity contribution >= 4 is 52.0 Å². The van der Waals surface area contributed by atoms with Gasteiger partial charge in [-0.05, 0) is 77.8 Å². The van der Waals surface area contributed by atoms with Gasteiger partial charge in [-0.1, -0.05) is 0 Å². The van der Waals surface area contributed by atoms with Gasteiger partial charge in [-0.3, -0.25) is 18.7 Å². The molecule has 26 nitrogen and oxygen atoms in total. The number of ether oxygens (including phenoxy) is 9. The minimum absolute atomic E-state index is 0.0336. The van der Waals surface area contributed by atoms with Gasteiger partial charge in [0.1, 0.15) is 86.0 Å². The first kappa shape index (κ1) is 58.4. The number of carbonyl (C=O) groups excluding carboxylic acids is 3. The lowest BCUT2D eigenvalue weighted by Crippen LogP contribution is -2.37. The van der Waals surface area contributed by atoms with E-state index < -0.39 is 17.7 Å². The molecule has 79 heavy (non-hydrogen) atoms. The molecular formula is C53H66N14O12. The summed E-state index contributed by atoms with van der Waals surface area (Å²) in [5, 5.41) is 27.8. The van der Waals surface area contributed by atoms with Crippen LogP contribution in [0.25, 0.3) is 34.0 Å². The smallest absolute Gasteiger partial charge is 0.410 e. The highest BCUT2D eigenvalue weighted by molar-refractivity contribution is 5.80. The summed E-state index contributed by atoms with van der Waals surface area (Å²) in [6.45, 7) is 9.65. The number of esters is 2. The van der Waals surface area contributed by atoms with Crippen molar-refractivity contribution in [1.82, 2.24) is 49.3 Å². The summed E-state index contributed by atoms with van der Waals surface area (Å²) < 4.78 is 53.0. The van der Waals surface area contributed by atoms with Crippen LogP contribution in [-0.2, 0) is 42.7 Å². The van der Waals surface area contributed by atoms with Crippen molar-refractivity contribution in [3.8, 4) is 35.3 Å². The fourth-order valence-corrected chi connectivity index (χ4v) is 7.76. The molecule has 6 aromatic rings. The van der Waals surface area contributed by atoms with E-state index in [-0.39, 0.29) is 77.4 Å². The lowest BCUT2D eigenvalue weighted by Gasteiger charge is -2.24. The summed E-state index contributed by atoms with van der Waals surface area (Å²) in [4.78, 5) is 63.8. The van der Waals surface area contributed by atoms with Crippen LogP contribution in [0.2, 0.25) is 0 Å². The summed E-state index contributed by atoms with van der Waals surface area (Å²) in [6, 6.07) is 15.1. The van der Waals surface area contributed by atoms with E-state index in [0.717, 1.165) is 30.6 Å². The number of pyridine rings is 4. The van der Waals surface area contributed by atoms with Crippen molar-refractivity contribution in [2.45, 2.75) is 64.1 Å². The average Bonchev–Trinajstić information content (AvgIpc) is 4.32. The molecule has 2 fully saturated rings. The Bertz CT molecular complexity index is 3010. The largest absolute Gasteiger partial charge is 0.487 e. The van der Waals surface area contributed by atoms with Crippen LogP contribution in [0.4, 0.5) is 16.4 Å². The maximum absolute atomic E-state index is 12.0. The van der Waals surface area contributed by atoms with Crippen LogP contribution in [0.1, 0.15) is 57.6 Å². The standard InChI is InChI=1S/C29H37N7O7.C24H29N7O5/c1-29(2,3)43-28(38)35(4)18-25(37)42-14-12-40-11-13-41-23-15-22-27(34-26(23)33-21-7-9-39-10-8-21)36(19-32-22)24-6-5-20(16-30)17-31-24;1-26-15-22(32)36-11-9-34-8-10-35-20-12-19-24(30-23(20)29-18-4-6-33-7-5-18)31(16-28-19)21-3-2-17(13-25)14-27-21/h5-6,15,17,19,21H,7-14,18H2,1-4H3,(H,33,34);2-3,12,14,16,18,26H,4-11,15H2,1H3,(H,29,30). The predicted octanol–water partition coefficient (Wildman–Crippen LogP) is 4.52. The summed E-state index contributed by atoms with van der Waals surface area (Å²) in [5.41, 5.74) is 2.76. The minimum atomic E-state index is -0.653. The molecule has 8 rings (SSSR count). The highest BCUT2D eigenvalue weighted by Gasteiger charge is 2.24. The summed E-state index contributed by atoms with van der Waals surface area (Å²) in [6.07, 6.45) is 9.10. The topological polar surface area (TPSA) is 308 Å². The number of carbonyl (C=O) groups is 3. The molecule has 6 aromatic heterocycles. The van der Waals surface area contributed by atoms with Gasteiger partial charge >= 0.3 is 18.0 Å². The molecule has 8 heterocycles. The molecular weight excluding hydrogens is 1020 g/mol. The van der Waals surface area contributed by atoms with Gasteiger partial charge in [0.25, 0.3) is 0 Å². The van der Waals surface area contributed by atoms with E-state index in [1.54, 1.807) is 73.9 Å². The van der Waals surface area contributed by atoms with Crippen LogP contribution in [0.15, 0.2) is 61.4 Å². The van der Waals surface area contributed by atoms with Crippen molar-refractivity contribution in [3.05, 3.63) is 72.6 Å². The van der Waals surface area contributed by atoms with Gasteiger partial charge < -0.3 is 63.5 Å². The zero-order chi connectivity index (χ0) is 56.0. The number of hydrogen-bond donors (Lipinski definition) is 3. The zero-order valence-corrected chi connectivity index (χ0v) is 45.0. The van der Waals surface area contributed by atoms with Crippen LogP contribution in [0, 0.1) is 22.7 Å². The number of nitriles is 2. The van der Waals surface area contributed by atoms with E-state index in [4.69, 9.17) is 63.1 Å². The Morgan fingerprint density at radius 3 is 1.54 bits per heavy atom. The van der Waals surface area contributed by atoms with E-state index in [1.165, 1.54) is 19.4 Å². The number of anilines is 2. The maximum Gasteiger partial charge on any atom is 0.410 e. The quantitative estimate of drug-likeness (QED) is 0.0426. The van der Waals surface area contributed by atoms with E-state index in [9.17, 15) is 14.4 Å². The Morgan fingerprint density at radius 2 is 1.13 bits per heavy atom. The molecule has 0 unspecified atom stereocenters. The third kappa shape index (κ3) is 17.9. The van der Waals surface area contributed by atoms with E-state index >= 15 is 0 Å². The minimum Gasteiger partial charge on any atom is -0.487 e. The third-order valence-electron chi connectivity index (χ3n) is 11.7. The first-order chi connectivity index (χ1) is 38.3. The summed E-state index contributed by atoms with van der Waals surface area (Å²) in [7, 11) is 3.15. The molecule has 2 aliphatic heterocycles. The van der Waals surface area contributed by atoms with Crippen LogP contribution >= 0.6 is 0 Å². The second-order valence-electron chi connectivity index (χ2n) is 18.9. The molecule has 1 amide bonds.